The van der Waals surface area contributed by atoms with E-state index < -0.39 is 28.3 Å². The van der Waals surface area contributed by atoms with Crippen molar-refractivity contribution in [2.45, 2.75) is 11.4 Å². The molecule has 1 aromatic carbocycles. The van der Waals surface area contributed by atoms with Crippen LogP contribution in [0.25, 0.3) is 11.3 Å². The molecule has 3 aromatic rings. The number of carbonyl (C=O) groups is 1. The number of benzene rings is 1. The fourth-order valence-electron chi connectivity index (χ4n) is 2.29. The predicted molar refractivity (Wildman–Crippen MR) is 101 cm³/mol. The first-order valence-corrected chi connectivity index (χ1v) is 10.4. The highest BCUT2D eigenvalue weighted by Gasteiger charge is 2.16. The second-order valence-electron chi connectivity index (χ2n) is 5.62. The molecule has 3 rings (SSSR count). The molecule has 1 amide bonds. The van der Waals surface area contributed by atoms with E-state index in [1.54, 1.807) is 23.6 Å². The quantitative estimate of drug-likeness (QED) is 0.632. The highest BCUT2D eigenvalue weighted by Crippen LogP contribution is 2.20. The topological polar surface area (TPSA) is 88.2 Å². The third-order valence-electron chi connectivity index (χ3n) is 3.66. The molecule has 0 fully saturated rings. The van der Waals surface area contributed by atoms with E-state index in [1.165, 1.54) is 12.1 Å². The van der Waals surface area contributed by atoms with Gasteiger partial charge in [-0.05, 0) is 47.3 Å². The minimum atomic E-state index is -3.96. The summed E-state index contributed by atoms with van der Waals surface area (Å²) in [7, 11) is -3.96. The summed E-state index contributed by atoms with van der Waals surface area (Å²) in [5.74, 6) is -1.16. The van der Waals surface area contributed by atoms with Gasteiger partial charge in [0.15, 0.2) is 0 Å². The van der Waals surface area contributed by atoms with Gasteiger partial charge in [0.2, 0.25) is 15.9 Å². The Balaban J connectivity index is 1.55. The van der Waals surface area contributed by atoms with E-state index in [1.807, 2.05) is 22.9 Å². The van der Waals surface area contributed by atoms with E-state index in [0.717, 1.165) is 29.0 Å². The number of amides is 1. The van der Waals surface area contributed by atoms with Crippen molar-refractivity contribution in [3.63, 3.8) is 0 Å². The summed E-state index contributed by atoms with van der Waals surface area (Å²) >= 11 is 1.57. The molecule has 0 radical (unpaired) electrons. The van der Waals surface area contributed by atoms with Crippen LogP contribution in [-0.4, -0.2) is 25.9 Å². The van der Waals surface area contributed by atoms with Crippen LogP contribution in [0.5, 0.6) is 0 Å². The van der Waals surface area contributed by atoms with Gasteiger partial charge in [0.05, 0.1) is 17.1 Å². The lowest BCUT2D eigenvalue weighted by atomic mass is 10.1. The summed E-state index contributed by atoms with van der Waals surface area (Å²) in [6, 6.07) is 10.2. The molecule has 0 saturated carbocycles. The van der Waals surface area contributed by atoms with Crippen LogP contribution in [0.15, 0.2) is 64.3 Å². The molecule has 0 unspecified atom stereocenters. The number of rotatable bonds is 7. The number of nitrogens with zero attached hydrogens (tertiary/aromatic N) is 1. The van der Waals surface area contributed by atoms with Crippen LogP contribution < -0.4 is 10.0 Å². The van der Waals surface area contributed by atoms with Crippen molar-refractivity contribution in [3.05, 3.63) is 70.8 Å². The van der Waals surface area contributed by atoms with Gasteiger partial charge in [0.1, 0.15) is 5.82 Å². The van der Waals surface area contributed by atoms with Gasteiger partial charge in [-0.2, -0.15) is 11.3 Å². The third-order valence-corrected chi connectivity index (χ3v) is 5.74. The Morgan fingerprint density at radius 1 is 1.19 bits per heavy atom. The number of hydrogen-bond donors (Lipinski definition) is 2. The Kier molecular flexibility index (Phi) is 5.94. The van der Waals surface area contributed by atoms with Crippen LogP contribution in [0.3, 0.4) is 0 Å². The summed E-state index contributed by atoms with van der Waals surface area (Å²) in [6.07, 6.45) is 1.65. The maximum Gasteiger partial charge on any atom is 0.241 e. The minimum absolute atomic E-state index is 0.232. The van der Waals surface area contributed by atoms with E-state index in [2.05, 4.69) is 15.0 Å². The molecule has 27 heavy (non-hydrogen) atoms. The zero-order chi connectivity index (χ0) is 19.3. The second kappa shape index (κ2) is 8.38. The highest BCUT2D eigenvalue weighted by atomic mass is 32.2. The van der Waals surface area contributed by atoms with Gasteiger partial charge in [0.25, 0.3) is 0 Å². The van der Waals surface area contributed by atoms with Crippen LogP contribution in [-0.2, 0) is 21.4 Å². The van der Waals surface area contributed by atoms with Gasteiger partial charge in [-0.3, -0.25) is 9.78 Å². The molecular formula is C18H16FN3O3S2. The normalized spacial score (nSPS) is 11.3. The average molecular weight is 405 g/mol. The largest absolute Gasteiger partial charge is 0.351 e. The summed E-state index contributed by atoms with van der Waals surface area (Å²) in [5, 5.41) is 6.57. The summed E-state index contributed by atoms with van der Waals surface area (Å²) < 4.78 is 39.5. The molecule has 0 aliphatic rings. The van der Waals surface area contributed by atoms with Crippen molar-refractivity contribution >= 4 is 27.3 Å². The average Bonchev–Trinajstić information content (AvgIpc) is 3.20. The molecule has 0 bridgehead atoms. The number of halogens is 1. The first-order chi connectivity index (χ1) is 12.9. The lowest BCUT2D eigenvalue weighted by Crippen LogP contribution is -2.36. The lowest BCUT2D eigenvalue weighted by Gasteiger charge is -2.09. The van der Waals surface area contributed by atoms with Crippen molar-refractivity contribution < 1.29 is 17.6 Å². The van der Waals surface area contributed by atoms with Crippen molar-refractivity contribution in [1.82, 2.24) is 15.0 Å². The van der Waals surface area contributed by atoms with Crippen LogP contribution in [0.1, 0.15) is 5.56 Å². The molecule has 0 atom stereocenters. The van der Waals surface area contributed by atoms with E-state index in [4.69, 9.17) is 0 Å². The smallest absolute Gasteiger partial charge is 0.241 e. The van der Waals surface area contributed by atoms with E-state index >= 15 is 0 Å². The first-order valence-electron chi connectivity index (χ1n) is 7.93. The zero-order valence-corrected chi connectivity index (χ0v) is 15.7. The molecule has 9 heteroatoms. The van der Waals surface area contributed by atoms with Gasteiger partial charge in [0, 0.05) is 23.7 Å². The Bertz CT molecular complexity index is 1040. The Morgan fingerprint density at radius 3 is 2.78 bits per heavy atom. The molecule has 0 saturated heterocycles. The highest BCUT2D eigenvalue weighted by molar-refractivity contribution is 7.89. The summed E-state index contributed by atoms with van der Waals surface area (Å²) in [4.78, 5) is 16.0. The van der Waals surface area contributed by atoms with Crippen LogP contribution in [0.2, 0.25) is 0 Å². The van der Waals surface area contributed by atoms with E-state index in [9.17, 15) is 17.6 Å². The summed E-state index contributed by atoms with van der Waals surface area (Å²) in [6.45, 7) is -0.207. The monoisotopic (exact) mass is 405 g/mol. The van der Waals surface area contributed by atoms with Crippen molar-refractivity contribution in [1.29, 1.82) is 0 Å². The third kappa shape index (κ3) is 5.19. The molecular weight excluding hydrogens is 389 g/mol. The fourth-order valence-corrected chi connectivity index (χ4v) is 3.96. The number of thiophene rings is 1. The standard InChI is InChI=1S/C18H16FN3O3S2/c19-15-2-1-3-16(9-15)27(24,25)22-11-18(23)21-10-13-4-6-20-17(8-13)14-5-7-26-12-14/h1-9,12,22H,10-11H2,(H,21,23). The number of nitrogens with one attached hydrogen (secondary N) is 2. The number of aromatic nitrogens is 1. The number of pyridine rings is 1. The van der Waals surface area contributed by atoms with E-state index in [-0.39, 0.29) is 11.4 Å². The molecule has 2 heterocycles. The maximum atomic E-state index is 13.2. The molecule has 0 spiro atoms. The minimum Gasteiger partial charge on any atom is -0.351 e. The Labute approximate surface area is 160 Å². The van der Waals surface area contributed by atoms with Crippen molar-refractivity contribution in [2.24, 2.45) is 0 Å². The molecule has 0 aliphatic heterocycles. The molecule has 140 valence electrons. The van der Waals surface area contributed by atoms with Gasteiger partial charge >= 0.3 is 0 Å². The van der Waals surface area contributed by atoms with Crippen LogP contribution in [0, 0.1) is 5.82 Å². The van der Waals surface area contributed by atoms with Crippen molar-refractivity contribution in [2.75, 3.05) is 6.54 Å². The Morgan fingerprint density at radius 2 is 2.04 bits per heavy atom. The van der Waals surface area contributed by atoms with Gasteiger partial charge in [-0.1, -0.05) is 6.07 Å². The first kappa shape index (κ1) is 19.2. The van der Waals surface area contributed by atoms with Gasteiger partial charge in [-0.25, -0.2) is 17.5 Å². The number of hydrogen-bond acceptors (Lipinski definition) is 5. The zero-order valence-electron chi connectivity index (χ0n) is 14.1. The summed E-state index contributed by atoms with van der Waals surface area (Å²) in [5.41, 5.74) is 2.64. The molecule has 2 N–H and O–H groups in total. The molecule has 6 nitrogen and oxygen atoms in total. The molecule has 0 aliphatic carbocycles. The van der Waals surface area contributed by atoms with Gasteiger partial charge in [-0.15, -0.1) is 0 Å². The molecule has 2 aromatic heterocycles. The number of sulfonamides is 1. The van der Waals surface area contributed by atoms with Crippen LogP contribution in [0.4, 0.5) is 4.39 Å². The van der Waals surface area contributed by atoms with Gasteiger partial charge < -0.3 is 5.32 Å². The fraction of sp³-hybridized carbons (Fsp3) is 0.111. The maximum absolute atomic E-state index is 13.2. The van der Waals surface area contributed by atoms with Crippen LogP contribution >= 0.6 is 11.3 Å². The predicted octanol–water partition coefficient (Wildman–Crippen LogP) is 2.54. The van der Waals surface area contributed by atoms with E-state index in [0.29, 0.717) is 0 Å². The Hall–Kier alpha value is -2.62. The second-order valence-corrected chi connectivity index (χ2v) is 8.17. The lowest BCUT2D eigenvalue weighted by molar-refractivity contribution is -0.120. The SMILES string of the molecule is O=C(CNS(=O)(=O)c1cccc(F)c1)NCc1ccnc(-c2ccsc2)c1. The van der Waals surface area contributed by atoms with Crippen molar-refractivity contribution in [3.8, 4) is 11.3 Å². The number of carbonyl (C=O) groups excluding carboxylic acids is 1.